The maximum atomic E-state index is 12.0. The molecule has 1 saturated heterocycles. The van der Waals surface area contributed by atoms with Crippen molar-refractivity contribution in [3.8, 4) is 0 Å². The van der Waals surface area contributed by atoms with Gasteiger partial charge < -0.3 is 20.7 Å². The molecule has 1 fully saturated rings. The number of aliphatic hydroxyl groups excluding tert-OH is 1. The SMILES string of the molecule is Cc1nc2ccc(NC(=O)C3CC(O)CN3)cc2[nH]1.Cl.Cl. The summed E-state index contributed by atoms with van der Waals surface area (Å²) in [5.74, 6) is 0.728. The highest BCUT2D eigenvalue weighted by Gasteiger charge is 2.27. The number of β-amino-alcohol motifs (C(OH)–C–C–N with tert-alkyl or cyclic N) is 1. The second kappa shape index (κ2) is 7.09. The van der Waals surface area contributed by atoms with Gasteiger partial charge in [-0.15, -0.1) is 24.8 Å². The molecule has 116 valence electrons. The average Bonchev–Trinajstić information content (AvgIpc) is 2.93. The number of fused-ring (bicyclic) bond motifs is 1. The van der Waals surface area contributed by atoms with E-state index in [1.165, 1.54) is 0 Å². The minimum absolute atomic E-state index is 0. The van der Waals surface area contributed by atoms with Crippen molar-refractivity contribution in [1.29, 1.82) is 0 Å². The van der Waals surface area contributed by atoms with Crippen LogP contribution >= 0.6 is 24.8 Å². The first-order chi connectivity index (χ1) is 9.11. The Balaban J connectivity index is 0.00000110. The molecule has 1 amide bonds. The van der Waals surface area contributed by atoms with E-state index < -0.39 is 6.10 Å². The number of imidazole rings is 1. The first-order valence-corrected chi connectivity index (χ1v) is 6.30. The number of aromatic nitrogens is 2. The number of hydrogen-bond donors (Lipinski definition) is 4. The van der Waals surface area contributed by atoms with Crippen molar-refractivity contribution >= 4 is 47.4 Å². The van der Waals surface area contributed by atoms with Gasteiger partial charge in [0.25, 0.3) is 0 Å². The quantitative estimate of drug-likeness (QED) is 0.668. The highest BCUT2D eigenvalue weighted by atomic mass is 35.5. The summed E-state index contributed by atoms with van der Waals surface area (Å²) < 4.78 is 0. The molecule has 21 heavy (non-hydrogen) atoms. The summed E-state index contributed by atoms with van der Waals surface area (Å²) in [5, 5.41) is 15.2. The molecule has 3 rings (SSSR count). The predicted molar refractivity (Wildman–Crippen MR) is 86.4 cm³/mol. The lowest BCUT2D eigenvalue weighted by atomic mass is 10.2. The lowest BCUT2D eigenvalue weighted by Gasteiger charge is -2.10. The third-order valence-corrected chi connectivity index (χ3v) is 3.29. The summed E-state index contributed by atoms with van der Waals surface area (Å²) in [6.07, 6.45) is 0.0190. The standard InChI is InChI=1S/C13H16N4O2.2ClH/c1-7-15-10-3-2-8(4-11(10)16-7)17-13(19)12-5-9(18)6-14-12;;/h2-4,9,12,14,18H,5-6H2,1H3,(H,15,16)(H,17,19);2*1H. The number of aromatic amines is 1. The van der Waals surface area contributed by atoms with Crippen molar-refractivity contribution in [2.45, 2.75) is 25.5 Å². The minimum atomic E-state index is -0.437. The van der Waals surface area contributed by atoms with Gasteiger partial charge in [-0.05, 0) is 31.5 Å². The molecular formula is C13H18Cl2N4O2. The van der Waals surface area contributed by atoms with E-state index in [2.05, 4.69) is 20.6 Å². The van der Waals surface area contributed by atoms with E-state index in [1.54, 1.807) is 0 Å². The van der Waals surface area contributed by atoms with E-state index >= 15 is 0 Å². The third-order valence-electron chi connectivity index (χ3n) is 3.29. The average molecular weight is 333 g/mol. The van der Waals surface area contributed by atoms with E-state index in [0.717, 1.165) is 22.5 Å². The Kier molecular flexibility index (Phi) is 5.98. The maximum absolute atomic E-state index is 12.0. The van der Waals surface area contributed by atoms with Gasteiger partial charge in [0.15, 0.2) is 0 Å². The van der Waals surface area contributed by atoms with E-state index in [4.69, 9.17) is 0 Å². The number of halogens is 2. The van der Waals surface area contributed by atoms with Gasteiger partial charge in [-0.25, -0.2) is 4.98 Å². The summed E-state index contributed by atoms with van der Waals surface area (Å²) in [7, 11) is 0. The topological polar surface area (TPSA) is 90.0 Å². The highest BCUT2D eigenvalue weighted by molar-refractivity contribution is 5.96. The number of benzene rings is 1. The first-order valence-electron chi connectivity index (χ1n) is 6.30. The fourth-order valence-electron chi connectivity index (χ4n) is 2.36. The van der Waals surface area contributed by atoms with E-state index in [9.17, 15) is 9.90 Å². The molecule has 4 N–H and O–H groups in total. The smallest absolute Gasteiger partial charge is 0.241 e. The van der Waals surface area contributed by atoms with E-state index in [-0.39, 0.29) is 36.8 Å². The number of rotatable bonds is 2. The van der Waals surface area contributed by atoms with Crippen molar-refractivity contribution in [3.63, 3.8) is 0 Å². The van der Waals surface area contributed by atoms with Crippen LogP contribution in [-0.4, -0.2) is 39.7 Å². The molecule has 2 aromatic rings. The molecule has 0 bridgehead atoms. The number of anilines is 1. The molecular weight excluding hydrogens is 315 g/mol. The zero-order valence-electron chi connectivity index (χ0n) is 11.4. The summed E-state index contributed by atoms with van der Waals surface area (Å²) in [5.41, 5.74) is 2.50. The molecule has 1 aliphatic heterocycles. The monoisotopic (exact) mass is 332 g/mol. The largest absolute Gasteiger partial charge is 0.392 e. The molecule has 2 atom stereocenters. The molecule has 0 spiro atoms. The number of carbonyl (C=O) groups is 1. The minimum Gasteiger partial charge on any atom is -0.392 e. The van der Waals surface area contributed by atoms with Crippen LogP contribution in [-0.2, 0) is 4.79 Å². The van der Waals surface area contributed by atoms with Crippen molar-refractivity contribution < 1.29 is 9.90 Å². The Morgan fingerprint density at radius 1 is 1.43 bits per heavy atom. The van der Waals surface area contributed by atoms with Gasteiger partial charge >= 0.3 is 0 Å². The Labute approximate surface area is 134 Å². The van der Waals surface area contributed by atoms with Gasteiger partial charge in [0.2, 0.25) is 5.91 Å². The van der Waals surface area contributed by atoms with Crippen LogP contribution in [0.25, 0.3) is 11.0 Å². The summed E-state index contributed by atoms with van der Waals surface area (Å²) >= 11 is 0. The van der Waals surface area contributed by atoms with Crippen LogP contribution in [0.4, 0.5) is 5.69 Å². The third kappa shape index (κ3) is 3.85. The van der Waals surface area contributed by atoms with Crippen molar-refractivity contribution in [2.75, 3.05) is 11.9 Å². The lowest BCUT2D eigenvalue weighted by molar-refractivity contribution is -0.117. The van der Waals surface area contributed by atoms with Crippen molar-refractivity contribution in [2.24, 2.45) is 0 Å². The number of carbonyl (C=O) groups excluding carboxylic acids is 1. The van der Waals surface area contributed by atoms with Crippen LogP contribution in [0.2, 0.25) is 0 Å². The van der Waals surface area contributed by atoms with Gasteiger partial charge in [-0.2, -0.15) is 0 Å². The normalized spacial score (nSPS) is 20.7. The van der Waals surface area contributed by atoms with Crippen LogP contribution in [0.3, 0.4) is 0 Å². The molecule has 1 aromatic carbocycles. The van der Waals surface area contributed by atoms with Gasteiger partial charge in [-0.1, -0.05) is 0 Å². The van der Waals surface area contributed by atoms with Crippen LogP contribution in [0.1, 0.15) is 12.2 Å². The zero-order valence-corrected chi connectivity index (χ0v) is 13.1. The number of nitrogens with zero attached hydrogens (tertiary/aromatic N) is 1. The number of H-pyrrole nitrogens is 1. The number of amides is 1. The summed E-state index contributed by atoms with van der Waals surface area (Å²) in [4.78, 5) is 19.4. The lowest BCUT2D eigenvalue weighted by Crippen LogP contribution is -2.35. The second-order valence-electron chi connectivity index (χ2n) is 4.89. The van der Waals surface area contributed by atoms with Crippen molar-refractivity contribution in [1.82, 2.24) is 15.3 Å². The number of nitrogens with one attached hydrogen (secondary N) is 3. The van der Waals surface area contributed by atoms with E-state index in [0.29, 0.717) is 13.0 Å². The van der Waals surface area contributed by atoms with Gasteiger partial charge in [0, 0.05) is 12.2 Å². The molecule has 0 radical (unpaired) electrons. The molecule has 1 aromatic heterocycles. The predicted octanol–water partition coefficient (Wildman–Crippen LogP) is 1.38. The Hall–Kier alpha value is -1.34. The maximum Gasteiger partial charge on any atom is 0.241 e. The molecule has 0 aliphatic carbocycles. The van der Waals surface area contributed by atoms with Crippen LogP contribution < -0.4 is 10.6 Å². The van der Waals surface area contributed by atoms with Crippen molar-refractivity contribution in [3.05, 3.63) is 24.0 Å². The van der Waals surface area contributed by atoms with Gasteiger partial charge in [0.05, 0.1) is 23.2 Å². The second-order valence-corrected chi connectivity index (χ2v) is 4.89. The van der Waals surface area contributed by atoms with Gasteiger partial charge in [-0.3, -0.25) is 4.79 Å². The Bertz CT molecular complexity index is 632. The van der Waals surface area contributed by atoms with E-state index in [1.807, 2.05) is 25.1 Å². The summed E-state index contributed by atoms with van der Waals surface area (Å²) in [6.45, 7) is 2.36. The fourth-order valence-corrected chi connectivity index (χ4v) is 2.36. The number of hydrogen-bond acceptors (Lipinski definition) is 4. The molecule has 1 aliphatic rings. The van der Waals surface area contributed by atoms with Crippen LogP contribution in [0.5, 0.6) is 0 Å². The van der Waals surface area contributed by atoms with Crippen LogP contribution in [0.15, 0.2) is 18.2 Å². The fraction of sp³-hybridized carbons (Fsp3) is 0.385. The number of aryl methyl sites for hydroxylation is 1. The number of aliphatic hydroxyl groups is 1. The zero-order chi connectivity index (χ0) is 13.4. The summed E-state index contributed by atoms with van der Waals surface area (Å²) in [6, 6.07) is 5.23. The Morgan fingerprint density at radius 3 is 2.86 bits per heavy atom. The molecule has 6 nitrogen and oxygen atoms in total. The first kappa shape index (κ1) is 17.7. The molecule has 2 heterocycles. The van der Waals surface area contributed by atoms with Gasteiger partial charge in [0.1, 0.15) is 5.82 Å². The molecule has 0 saturated carbocycles. The molecule has 2 unspecified atom stereocenters. The van der Waals surface area contributed by atoms with Crippen LogP contribution in [0, 0.1) is 6.92 Å². The Morgan fingerprint density at radius 2 is 2.19 bits per heavy atom. The molecule has 8 heteroatoms. The highest BCUT2D eigenvalue weighted by Crippen LogP contribution is 2.18.